The lowest BCUT2D eigenvalue weighted by Crippen LogP contribution is -2.07. The zero-order chi connectivity index (χ0) is 11.6. The molecule has 6 heteroatoms. The molecule has 15 heavy (non-hydrogen) atoms. The van der Waals surface area contributed by atoms with E-state index in [1.165, 1.54) is 6.92 Å². The summed E-state index contributed by atoms with van der Waals surface area (Å²) in [5.74, 6) is -1.44. The van der Waals surface area contributed by atoms with Crippen molar-refractivity contribution in [2.75, 3.05) is 0 Å². The van der Waals surface area contributed by atoms with Gasteiger partial charge in [-0.15, -0.1) is 0 Å². The van der Waals surface area contributed by atoms with E-state index in [0.717, 1.165) is 6.07 Å². The second-order valence-electron chi connectivity index (χ2n) is 2.78. The van der Waals surface area contributed by atoms with Crippen LogP contribution in [-0.2, 0) is 0 Å². The Bertz CT molecular complexity index is 452. The number of pyridine rings is 1. The van der Waals surface area contributed by atoms with E-state index in [1.807, 2.05) is 0 Å². The molecule has 1 aromatic heterocycles. The maximum Gasteiger partial charge on any atom is 0.354 e. The quantitative estimate of drug-likeness (QED) is 0.812. The molecule has 1 N–H and O–H groups in total. The lowest BCUT2D eigenvalue weighted by Gasteiger charge is -2.06. The number of nitrogens with zero attached hydrogens (tertiary/aromatic N) is 2. The molecular weight excluding hydrogens is 206 g/mol. The van der Waals surface area contributed by atoms with Gasteiger partial charge in [0.15, 0.2) is 0 Å². The molecule has 0 aliphatic heterocycles. The Morgan fingerprint density at radius 2 is 2.27 bits per heavy atom. The molecule has 0 saturated heterocycles. The van der Waals surface area contributed by atoms with Crippen molar-refractivity contribution in [3.8, 4) is 6.07 Å². The predicted molar refractivity (Wildman–Crippen MR) is 45.6 cm³/mol. The maximum absolute atomic E-state index is 12.4. The maximum atomic E-state index is 12.4. The van der Waals surface area contributed by atoms with Crippen molar-refractivity contribution in [1.82, 2.24) is 4.98 Å². The smallest absolute Gasteiger partial charge is 0.354 e. The van der Waals surface area contributed by atoms with Crippen LogP contribution in [0.4, 0.5) is 8.78 Å². The minimum absolute atomic E-state index is 0.0116. The summed E-state index contributed by atoms with van der Waals surface area (Å²) in [6.45, 7) is 1.30. The first-order valence-corrected chi connectivity index (χ1v) is 3.90. The van der Waals surface area contributed by atoms with Crippen LogP contribution in [0.5, 0.6) is 0 Å². The highest BCUT2D eigenvalue weighted by molar-refractivity contribution is 5.86. The van der Waals surface area contributed by atoms with Crippen molar-refractivity contribution in [3.63, 3.8) is 0 Å². The van der Waals surface area contributed by atoms with E-state index >= 15 is 0 Å². The molecule has 0 atom stereocenters. The molecule has 0 unspecified atom stereocenters. The molecule has 0 bridgehead atoms. The van der Waals surface area contributed by atoms with Gasteiger partial charge >= 0.3 is 5.97 Å². The summed E-state index contributed by atoms with van der Waals surface area (Å²) in [6, 6.07) is 2.62. The van der Waals surface area contributed by atoms with Crippen molar-refractivity contribution in [2.24, 2.45) is 0 Å². The van der Waals surface area contributed by atoms with Crippen LogP contribution in [0.15, 0.2) is 6.07 Å². The van der Waals surface area contributed by atoms with E-state index in [0.29, 0.717) is 0 Å². The first-order chi connectivity index (χ1) is 6.97. The summed E-state index contributed by atoms with van der Waals surface area (Å²) < 4.78 is 24.8. The average Bonchev–Trinajstić information content (AvgIpc) is 2.17. The highest BCUT2D eigenvalue weighted by Crippen LogP contribution is 2.23. The third kappa shape index (κ3) is 2.07. The van der Waals surface area contributed by atoms with Gasteiger partial charge in [-0.1, -0.05) is 0 Å². The molecule has 1 rings (SSSR count). The molecule has 0 fully saturated rings. The Morgan fingerprint density at radius 1 is 1.67 bits per heavy atom. The number of alkyl halides is 2. The predicted octanol–water partition coefficient (Wildman–Crippen LogP) is 1.90. The number of carbonyl (C=O) groups is 1. The largest absolute Gasteiger partial charge is 0.477 e. The van der Waals surface area contributed by atoms with Crippen LogP contribution >= 0.6 is 0 Å². The summed E-state index contributed by atoms with van der Waals surface area (Å²) >= 11 is 0. The first-order valence-electron chi connectivity index (χ1n) is 3.90. The average molecular weight is 212 g/mol. The number of halogens is 2. The third-order valence-electron chi connectivity index (χ3n) is 1.86. The lowest BCUT2D eigenvalue weighted by molar-refractivity contribution is 0.0688. The molecule has 1 aromatic rings. The molecule has 0 spiro atoms. The fourth-order valence-corrected chi connectivity index (χ4v) is 1.07. The number of aromatic nitrogens is 1. The van der Waals surface area contributed by atoms with E-state index in [9.17, 15) is 13.6 Å². The van der Waals surface area contributed by atoms with Crippen LogP contribution in [0, 0.1) is 18.3 Å². The number of nitriles is 1. The Morgan fingerprint density at radius 3 is 2.67 bits per heavy atom. The van der Waals surface area contributed by atoms with Gasteiger partial charge in [0.05, 0.1) is 11.6 Å². The van der Waals surface area contributed by atoms with Gasteiger partial charge in [-0.2, -0.15) is 5.26 Å². The summed E-state index contributed by atoms with van der Waals surface area (Å²) in [4.78, 5) is 13.8. The Kier molecular flexibility index (Phi) is 2.95. The molecule has 0 aliphatic carbocycles. The van der Waals surface area contributed by atoms with Crippen molar-refractivity contribution >= 4 is 5.97 Å². The Labute approximate surface area is 83.8 Å². The zero-order valence-corrected chi connectivity index (χ0v) is 7.66. The van der Waals surface area contributed by atoms with Gasteiger partial charge < -0.3 is 5.11 Å². The number of hydrogen-bond donors (Lipinski definition) is 1. The molecule has 4 nitrogen and oxygen atoms in total. The highest BCUT2D eigenvalue weighted by Gasteiger charge is 2.19. The molecular formula is C9H6F2N2O2. The SMILES string of the molecule is Cc1c(C#N)cc(C(=O)O)nc1C(F)F. The monoisotopic (exact) mass is 212 g/mol. The topological polar surface area (TPSA) is 74.0 Å². The molecule has 1 heterocycles. The van der Waals surface area contributed by atoms with Crippen LogP contribution in [0.2, 0.25) is 0 Å². The summed E-state index contributed by atoms with van der Waals surface area (Å²) in [5, 5.41) is 17.2. The molecule has 0 amide bonds. The Balaban J connectivity index is 3.47. The normalized spacial score (nSPS) is 10.1. The van der Waals surface area contributed by atoms with Crippen molar-refractivity contribution in [2.45, 2.75) is 13.3 Å². The van der Waals surface area contributed by atoms with Crippen LogP contribution < -0.4 is 0 Å². The van der Waals surface area contributed by atoms with Gasteiger partial charge in [0.1, 0.15) is 11.4 Å². The van der Waals surface area contributed by atoms with Gasteiger partial charge in [-0.05, 0) is 18.6 Å². The summed E-state index contributed by atoms with van der Waals surface area (Å²) in [6.07, 6.45) is -2.89. The summed E-state index contributed by atoms with van der Waals surface area (Å²) in [5.41, 5.74) is -1.30. The van der Waals surface area contributed by atoms with Crippen LogP contribution in [0.25, 0.3) is 0 Å². The van der Waals surface area contributed by atoms with E-state index in [1.54, 1.807) is 6.07 Å². The van der Waals surface area contributed by atoms with Crippen LogP contribution in [0.1, 0.15) is 33.7 Å². The number of hydrogen-bond acceptors (Lipinski definition) is 3. The first kappa shape index (κ1) is 11.0. The molecule has 0 aliphatic rings. The number of carboxylic acids is 1. The van der Waals surface area contributed by atoms with Crippen molar-refractivity contribution in [3.05, 3.63) is 28.6 Å². The van der Waals surface area contributed by atoms with Crippen molar-refractivity contribution < 1.29 is 18.7 Å². The number of aromatic carboxylic acids is 1. The third-order valence-corrected chi connectivity index (χ3v) is 1.86. The van der Waals surface area contributed by atoms with E-state index in [-0.39, 0.29) is 11.1 Å². The second-order valence-corrected chi connectivity index (χ2v) is 2.78. The van der Waals surface area contributed by atoms with Gasteiger partial charge in [0.2, 0.25) is 0 Å². The van der Waals surface area contributed by atoms with Crippen LogP contribution in [0.3, 0.4) is 0 Å². The fraction of sp³-hybridized carbons (Fsp3) is 0.222. The molecule has 0 aromatic carbocycles. The van der Waals surface area contributed by atoms with Crippen LogP contribution in [-0.4, -0.2) is 16.1 Å². The summed E-state index contributed by atoms with van der Waals surface area (Å²) in [7, 11) is 0. The molecule has 0 saturated carbocycles. The number of carboxylic acid groups (broad SMARTS) is 1. The van der Waals surface area contributed by atoms with E-state index in [2.05, 4.69) is 4.98 Å². The Hall–Kier alpha value is -2.03. The fourth-order valence-electron chi connectivity index (χ4n) is 1.07. The highest BCUT2D eigenvalue weighted by atomic mass is 19.3. The lowest BCUT2D eigenvalue weighted by atomic mass is 10.1. The van der Waals surface area contributed by atoms with Gasteiger partial charge in [-0.25, -0.2) is 18.6 Å². The van der Waals surface area contributed by atoms with E-state index < -0.39 is 23.8 Å². The minimum atomic E-state index is -2.89. The molecule has 0 radical (unpaired) electrons. The standard InChI is InChI=1S/C9H6F2N2O2/c1-4-5(3-12)2-6(9(14)15)13-7(4)8(10)11/h2,8H,1H3,(H,14,15). The van der Waals surface area contributed by atoms with Gasteiger partial charge in [0.25, 0.3) is 6.43 Å². The van der Waals surface area contributed by atoms with Gasteiger partial charge in [-0.3, -0.25) is 0 Å². The molecule has 78 valence electrons. The van der Waals surface area contributed by atoms with E-state index in [4.69, 9.17) is 10.4 Å². The zero-order valence-electron chi connectivity index (χ0n) is 7.66. The van der Waals surface area contributed by atoms with Gasteiger partial charge in [0, 0.05) is 0 Å². The van der Waals surface area contributed by atoms with Crippen molar-refractivity contribution in [1.29, 1.82) is 5.26 Å². The second kappa shape index (κ2) is 4.00. The number of rotatable bonds is 2. The minimum Gasteiger partial charge on any atom is -0.477 e.